The van der Waals surface area contributed by atoms with E-state index < -0.39 is 11.3 Å². The van der Waals surface area contributed by atoms with Crippen LogP contribution in [0.3, 0.4) is 0 Å². The molecule has 0 spiro atoms. The lowest BCUT2D eigenvalue weighted by Gasteiger charge is -2.34. The van der Waals surface area contributed by atoms with E-state index in [4.69, 9.17) is 0 Å². The first-order valence-electron chi connectivity index (χ1n) is 5.40. The van der Waals surface area contributed by atoms with Crippen molar-refractivity contribution in [3.05, 3.63) is 23.3 Å². The SMILES string of the molecule is CCCC1(CCC)C2=CC2=CC1(F)F. The van der Waals surface area contributed by atoms with Gasteiger partial charge in [-0.2, -0.15) is 0 Å². The van der Waals surface area contributed by atoms with Crippen molar-refractivity contribution in [3.8, 4) is 0 Å². The summed E-state index contributed by atoms with van der Waals surface area (Å²) in [4.78, 5) is 0. The highest BCUT2D eigenvalue weighted by Crippen LogP contribution is 2.63. The van der Waals surface area contributed by atoms with Crippen LogP contribution in [-0.4, -0.2) is 5.92 Å². The second-order valence-electron chi connectivity index (χ2n) is 4.36. The van der Waals surface area contributed by atoms with E-state index in [9.17, 15) is 8.78 Å². The Labute approximate surface area is 83.7 Å². The van der Waals surface area contributed by atoms with E-state index >= 15 is 0 Å². The predicted molar refractivity (Wildman–Crippen MR) is 53.4 cm³/mol. The number of fused-ring (bicyclic) bond motifs is 1. The molecule has 0 saturated carbocycles. The van der Waals surface area contributed by atoms with Gasteiger partial charge in [0.05, 0.1) is 5.41 Å². The van der Waals surface area contributed by atoms with Crippen molar-refractivity contribution < 1.29 is 8.78 Å². The molecule has 78 valence electrons. The molecule has 0 N–H and O–H groups in total. The second kappa shape index (κ2) is 2.91. The first-order chi connectivity index (χ1) is 6.57. The first kappa shape index (κ1) is 9.88. The summed E-state index contributed by atoms with van der Waals surface area (Å²) in [6.07, 6.45) is 5.96. The molecule has 0 fully saturated rings. The van der Waals surface area contributed by atoms with Gasteiger partial charge in [0.25, 0.3) is 5.92 Å². The zero-order chi connectivity index (χ0) is 10.4. The smallest absolute Gasteiger partial charge is 0.201 e. The zero-order valence-electron chi connectivity index (χ0n) is 8.74. The standard InChI is InChI=1S/C12H16F2/c1-3-5-11(6-4-2)10-7-9(10)8-12(11,13)14/h7-8H,3-6H2,1-2H3. The molecule has 0 aliphatic heterocycles. The van der Waals surface area contributed by atoms with Gasteiger partial charge < -0.3 is 0 Å². The van der Waals surface area contributed by atoms with Crippen LogP contribution < -0.4 is 0 Å². The molecule has 2 aliphatic carbocycles. The molecular formula is C12H16F2. The van der Waals surface area contributed by atoms with Crippen molar-refractivity contribution in [3.63, 3.8) is 0 Å². The first-order valence-corrected chi connectivity index (χ1v) is 5.40. The maximum atomic E-state index is 13.8. The van der Waals surface area contributed by atoms with Crippen LogP contribution >= 0.6 is 0 Å². The topological polar surface area (TPSA) is 0 Å². The molecule has 2 aliphatic rings. The fourth-order valence-corrected chi connectivity index (χ4v) is 2.75. The van der Waals surface area contributed by atoms with E-state index in [0.717, 1.165) is 30.1 Å². The van der Waals surface area contributed by atoms with Crippen molar-refractivity contribution in [2.75, 3.05) is 0 Å². The van der Waals surface area contributed by atoms with E-state index in [1.54, 1.807) is 0 Å². The highest BCUT2D eigenvalue weighted by atomic mass is 19.3. The van der Waals surface area contributed by atoms with Gasteiger partial charge in [-0.15, -0.1) is 0 Å². The van der Waals surface area contributed by atoms with Crippen molar-refractivity contribution in [1.29, 1.82) is 0 Å². The molecule has 0 saturated heterocycles. The fourth-order valence-electron chi connectivity index (χ4n) is 2.75. The number of alkyl halides is 2. The van der Waals surface area contributed by atoms with Crippen LogP contribution in [0.4, 0.5) is 8.78 Å². The fraction of sp³-hybridized carbons (Fsp3) is 0.667. The van der Waals surface area contributed by atoms with Crippen LogP contribution in [0.15, 0.2) is 23.3 Å². The molecule has 0 heterocycles. The third kappa shape index (κ3) is 1.09. The summed E-state index contributed by atoms with van der Waals surface area (Å²) < 4.78 is 27.6. The van der Waals surface area contributed by atoms with Gasteiger partial charge in [-0.1, -0.05) is 32.8 Å². The van der Waals surface area contributed by atoms with Gasteiger partial charge >= 0.3 is 0 Å². The van der Waals surface area contributed by atoms with E-state index in [1.807, 2.05) is 19.9 Å². The summed E-state index contributed by atoms with van der Waals surface area (Å²) in [6.45, 7) is 3.96. The molecular weight excluding hydrogens is 182 g/mol. The van der Waals surface area contributed by atoms with Crippen molar-refractivity contribution in [1.82, 2.24) is 0 Å². The molecule has 0 bridgehead atoms. The Kier molecular flexibility index (Phi) is 2.06. The summed E-state index contributed by atoms with van der Waals surface area (Å²) in [6, 6.07) is 0. The summed E-state index contributed by atoms with van der Waals surface area (Å²) in [5.41, 5.74) is 0.911. The van der Waals surface area contributed by atoms with Gasteiger partial charge in [0, 0.05) is 0 Å². The Morgan fingerprint density at radius 2 is 1.71 bits per heavy atom. The highest BCUT2D eigenvalue weighted by molar-refractivity contribution is 5.67. The number of allylic oxidation sites excluding steroid dienone is 4. The van der Waals surface area contributed by atoms with Crippen molar-refractivity contribution in [2.24, 2.45) is 5.41 Å². The average molecular weight is 198 g/mol. The zero-order valence-corrected chi connectivity index (χ0v) is 8.74. The Bertz CT molecular complexity index is 304. The van der Waals surface area contributed by atoms with Gasteiger partial charge in [-0.3, -0.25) is 0 Å². The molecule has 0 aromatic rings. The summed E-state index contributed by atoms with van der Waals surface area (Å²) in [7, 11) is 0. The van der Waals surface area contributed by atoms with Crippen molar-refractivity contribution in [2.45, 2.75) is 45.5 Å². The lowest BCUT2D eigenvalue weighted by Crippen LogP contribution is -2.37. The Hall–Kier alpha value is -0.660. The molecule has 0 radical (unpaired) electrons. The number of halogens is 2. The van der Waals surface area contributed by atoms with Gasteiger partial charge in [-0.25, -0.2) is 8.78 Å². The Morgan fingerprint density at radius 3 is 2.07 bits per heavy atom. The van der Waals surface area contributed by atoms with Crippen LogP contribution in [0, 0.1) is 5.41 Å². The minimum Gasteiger partial charge on any atom is -0.201 e. The molecule has 0 aromatic heterocycles. The van der Waals surface area contributed by atoms with Crippen LogP contribution in [-0.2, 0) is 0 Å². The van der Waals surface area contributed by atoms with Crippen LogP contribution in [0.1, 0.15) is 39.5 Å². The largest absolute Gasteiger partial charge is 0.276 e. The Balaban J connectivity index is 2.29. The molecule has 0 unspecified atom stereocenters. The normalized spacial score (nSPS) is 25.4. The molecule has 0 atom stereocenters. The summed E-state index contributed by atoms with van der Waals surface area (Å²) >= 11 is 0. The summed E-state index contributed by atoms with van der Waals surface area (Å²) in [5, 5.41) is 0. The van der Waals surface area contributed by atoms with Gasteiger partial charge in [0.2, 0.25) is 0 Å². The highest BCUT2D eigenvalue weighted by Gasteiger charge is 2.61. The number of rotatable bonds is 4. The maximum absolute atomic E-state index is 13.8. The molecule has 2 rings (SSSR count). The third-order valence-electron chi connectivity index (χ3n) is 3.37. The summed E-state index contributed by atoms with van der Waals surface area (Å²) in [5.74, 6) is -2.60. The lowest BCUT2D eigenvalue weighted by molar-refractivity contribution is -0.0588. The van der Waals surface area contributed by atoms with Crippen LogP contribution in [0.2, 0.25) is 0 Å². The molecule has 0 nitrogen and oxygen atoms in total. The van der Waals surface area contributed by atoms with E-state index in [0.29, 0.717) is 12.8 Å². The quantitative estimate of drug-likeness (QED) is 0.638. The Morgan fingerprint density at radius 1 is 1.14 bits per heavy atom. The minimum absolute atomic E-state index is 0.611. The van der Waals surface area contributed by atoms with E-state index in [2.05, 4.69) is 0 Å². The third-order valence-corrected chi connectivity index (χ3v) is 3.37. The number of hydrogen-bond acceptors (Lipinski definition) is 0. The molecule has 14 heavy (non-hydrogen) atoms. The predicted octanol–water partition coefficient (Wildman–Crippen LogP) is 4.09. The second-order valence-corrected chi connectivity index (χ2v) is 4.36. The monoisotopic (exact) mass is 198 g/mol. The maximum Gasteiger partial charge on any atom is 0.276 e. The average Bonchev–Trinajstić information content (AvgIpc) is 2.78. The number of hydrogen-bond donors (Lipinski definition) is 0. The van der Waals surface area contributed by atoms with Crippen LogP contribution in [0.5, 0.6) is 0 Å². The lowest BCUT2D eigenvalue weighted by atomic mass is 9.74. The van der Waals surface area contributed by atoms with Gasteiger partial charge in [0.15, 0.2) is 0 Å². The van der Waals surface area contributed by atoms with E-state index in [1.165, 1.54) is 0 Å². The molecule has 2 heteroatoms. The molecule has 0 aromatic carbocycles. The van der Waals surface area contributed by atoms with Crippen molar-refractivity contribution >= 4 is 0 Å². The molecule has 0 amide bonds. The van der Waals surface area contributed by atoms with Gasteiger partial charge in [-0.05, 0) is 30.1 Å². The minimum atomic E-state index is -2.60. The van der Waals surface area contributed by atoms with E-state index in [-0.39, 0.29) is 0 Å². The van der Waals surface area contributed by atoms with Crippen LogP contribution in [0.25, 0.3) is 0 Å². The van der Waals surface area contributed by atoms with Gasteiger partial charge in [0.1, 0.15) is 0 Å².